The van der Waals surface area contributed by atoms with Crippen LogP contribution in [-0.2, 0) is 24.3 Å². The lowest BCUT2D eigenvalue weighted by Gasteiger charge is -2.15. The lowest BCUT2D eigenvalue weighted by atomic mass is 10.1. The van der Waals surface area contributed by atoms with Crippen LogP contribution < -0.4 is 10.6 Å². The maximum Gasteiger partial charge on any atom is 0.241 e. The van der Waals surface area contributed by atoms with E-state index >= 15 is 0 Å². The van der Waals surface area contributed by atoms with E-state index in [2.05, 4.69) is 51.9 Å². The molecule has 2 aromatic rings. The Bertz CT molecular complexity index is 833. The highest BCUT2D eigenvalue weighted by Gasteiger charge is 2.11. The van der Waals surface area contributed by atoms with Crippen molar-refractivity contribution in [2.75, 3.05) is 40.3 Å². The van der Waals surface area contributed by atoms with Gasteiger partial charge >= 0.3 is 0 Å². The molecule has 0 atom stereocenters. The predicted molar refractivity (Wildman–Crippen MR) is 142 cm³/mol. The number of carbonyl (C=O) groups is 1. The number of benzene rings is 2. The van der Waals surface area contributed by atoms with Crippen LogP contribution in [0.5, 0.6) is 0 Å². The Labute approximate surface area is 209 Å². The zero-order valence-electron chi connectivity index (χ0n) is 19.2. The van der Waals surface area contributed by atoms with E-state index in [1.54, 1.807) is 19.0 Å². The molecule has 0 spiro atoms. The van der Waals surface area contributed by atoms with Crippen molar-refractivity contribution >= 4 is 35.8 Å². The Balaban J connectivity index is 0.00000363. The minimum absolute atomic E-state index is 0. The number of guanidine groups is 1. The molecule has 0 aromatic heterocycles. The second-order valence-electron chi connectivity index (χ2n) is 8.27. The van der Waals surface area contributed by atoms with E-state index in [4.69, 9.17) is 4.99 Å². The van der Waals surface area contributed by atoms with Gasteiger partial charge < -0.3 is 15.5 Å². The molecular formula is C25H36IN5O. The SMILES string of the molecule is CN(C)C(=O)CNC(=NCc1ccc(CN2CCCC2)cc1)NCCc1ccccc1.I. The Morgan fingerprint density at radius 2 is 1.59 bits per heavy atom. The number of nitrogens with zero attached hydrogens (tertiary/aromatic N) is 3. The summed E-state index contributed by atoms with van der Waals surface area (Å²) in [7, 11) is 3.51. The van der Waals surface area contributed by atoms with Crippen molar-refractivity contribution in [1.29, 1.82) is 0 Å². The number of rotatable bonds is 9. The summed E-state index contributed by atoms with van der Waals surface area (Å²) >= 11 is 0. The van der Waals surface area contributed by atoms with E-state index in [0.717, 1.165) is 25.1 Å². The van der Waals surface area contributed by atoms with Gasteiger partial charge in [0.15, 0.2) is 5.96 Å². The van der Waals surface area contributed by atoms with Crippen LogP contribution in [0.1, 0.15) is 29.5 Å². The van der Waals surface area contributed by atoms with Crippen molar-refractivity contribution in [3.8, 4) is 0 Å². The van der Waals surface area contributed by atoms with Gasteiger partial charge in [-0.05, 0) is 49.0 Å². The first-order chi connectivity index (χ1) is 15.1. The van der Waals surface area contributed by atoms with Gasteiger partial charge in [0.25, 0.3) is 0 Å². The average molecular weight is 550 g/mol. The molecule has 7 heteroatoms. The lowest BCUT2D eigenvalue weighted by Crippen LogP contribution is -2.43. The summed E-state index contributed by atoms with van der Waals surface area (Å²) < 4.78 is 0. The van der Waals surface area contributed by atoms with Gasteiger partial charge in [0.2, 0.25) is 5.91 Å². The number of halogens is 1. The maximum atomic E-state index is 12.0. The zero-order valence-corrected chi connectivity index (χ0v) is 21.5. The molecule has 32 heavy (non-hydrogen) atoms. The summed E-state index contributed by atoms with van der Waals surface area (Å²) in [5, 5.41) is 6.51. The molecule has 174 valence electrons. The quantitative estimate of drug-likeness (QED) is 0.287. The van der Waals surface area contributed by atoms with Gasteiger partial charge in [-0.15, -0.1) is 24.0 Å². The minimum atomic E-state index is 0. The van der Waals surface area contributed by atoms with Gasteiger partial charge in [-0.3, -0.25) is 9.69 Å². The first-order valence-corrected chi connectivity index (χ1v) is 11.2. The highest BCUT2D eigenvalue weighted by Crippen LogP contribution is 2.13. The molecule has 1 amide bonds. The van der Waals surface area contributed by atoms with Crippen molar-refractivity contribution in [1.82, 2.24) is 20.4 Å². The fourth-order valence-corrected chi connectivity index (χ4v) is 3.58. The van der Waals surface area contributed by atoms with Crippen molar-refractivity contribution in [3.05, 3.63) is 71.3 Å². The fraction of sp³-hybridized carbons (Fsp3) is 0.440. The molecule has 1 aliphatic rings. The standard InChI is InChI=1S/C25H35N5O.HI/c1-29(2)24(31)19-28-25(26-15-14-21-8-4-3-5-9-21)27-18-22-10-12-23(13-11-22)20-30-16-6-7-17-30;/h3-5,8-13H,6-7,14-20H2,1-2H3,(H2,26,27,28);1H. The topological polar surface area (TPSA) is 60.0 Å². The zero-order chi connectivity index (χ0) is 21.9. The second-order valence-corrected chi connectivity index (χ2v) is 8.27. The summed E-state index contributed by atoms with van der Waals surface area (Å²) in [5.74, 6) is 0.677. The van der Waals surface area contributed by atoms with Gasteiger partial charge in [0.05, 0.1) is 13.1 Å². The van der Waals surface area contributed by atoms with E-state index in [1.807, 2.05) is 18.2 Å². The molecule has 2 aromatic carbocycles. The van der Waals surface area contributed by atoms with Crippen LogP contribution in [0, 0.1) is 0 Å². The van der Waals surface area contributed by atoms with E-state index in [-0.39, 0.29) is 36.4 Å². The maximum absolute atomic E-state index is 12.0. The molecule has 1 fully saturated rings. The Hall–Kier alpha value is -2.13. The molecule has 0 radical (unpaired) electrons. The monoisotopic (exact) mass is 549 g/mol. The van der Waals surface area contributed by atoms with Crippen LogP contribution in [0.4, 0.5) is 0 Å². The van der Waals surface area contributed by atoms with Crippen LogP contribution in [0.3, 0.4) is 0 Å². The molecule has 1 aliphatic heterocycles. The van der Waals surface area contributed by atoms with Gasteiger partial charge in [-0.1, -0.05) is 54.6 Å². The summed E-state index contributed by atoms with van der Waals surface area (Å²) in [4.78, 5) is 20.8. The first-order valence-electron chi connectivity index (χ1n) is 11.2. The molecule has 0 aliphatic carbocycles. The number of hydrogen-bond donors (Lipinski definition) is 2. The number of likely N-dealkylation sites (tertiary alicyclic amines) is 1. The largest absolute Gasteiger partial charge is 0.356 e. The number of aliphatic imine (C=N–C) groups is 1. The van der Waals surface area contributed by atoms with Gasteiger partial charge in [-0.2, -0.15) is 0 Å². The van der Waals surface area contributed by atoms with Gasteiger partial charge in [-0.25, -0.2) is 4.99 Å². The molecule has 2 N–H and O–H groups in total. The van der Waals surface area contributed by atoms with Crippen LogP contribution in [0.2, 0.25) is 0 Å². The number of amides is 1. The number of likely N-dealkylation sites (N-methyl/N-ethyl adjacent to an activating group) is 1. The third-order valence-electron chi connectivity index (χ3n) is 5.50. The fourth-order valence-electron chi connectivity index (χ4n) is 3.58. The van der Waals surface area contributed by atoms with Crippen LogP contribution in [0.15, 0.2) is 59.6 Å². The molecular weight excluding hydrogens is 513 g/mol. The number of nitrogens with one attached hydrogen (secondary N) is 2. The first kappa shape index (κ1) is 26.1. The average Bonchev–Trinajstić information content (AvgIpc) is 3.29. The van der Waals surface area contributed by atoms with Crippen LogP contribution in [-0.4, -0.2) is 61.9 Å². The summed E-state index contributed by atoms with van der Waals surface area (Å²) in [6, 6.07) is 19.1. The van der Waals surface area contributed by atoms with Crippen LogP contribution in [0.25, 0.3) is 0 Å². The molecule has 0 bridgehead atoms. The summed E-state index contributed by atoms with van der Waals surface area (Å²) in [6.45, 7) is 4.99. The predicted octanol–water partition coefficient (Wildman–Crippen LogP) is 3.27. The van der Waals surface area contributed by atoms with E-state index in [9.17, 15) is 4.79 Å². The third kappa shape index (κ3) is 9.16. The molecule has 1 heterocycles. The Kier molecular flexibility index (Phi) is 11.5. The Morgan fingerprint density at radius 3 is 2.25 bits per heavy atom. The molecule has 1 saturated heterocycles. The molecule has 3 rings (SSSR count). The molecule has 0 saturated carbocycles. The Morgan fingerprint density at radius 1 is 0.938 bits per heavy atom. The highest BCUT2D eigenvalue weighted by molar-refractivity contribution is 14.0. The molecule has 0 unspecified atom stereocenters. The van der Waals surface area contributed by atoms with Crippen molar-refractivity contribution in [2.45, 2.75) is 32.4 Å². The van der Waals surface area contributed by atoms with Crippen molar-refractivity contribution in [3.63, 3.8) is 0 Å². The normalized spacial score (nSPS) is 14.0. The smallest absolute Gasteiger partial charge is 0.241 e. The van der Waals surface area contributed by atoms with Crippen LogP contribution >= 0.6 is 24.0 Å². The minimum Gasteiger partial charge on any atom is -0.356 e. The lowest BCUT2D eigenvalue weighted by molar-refractivity contribution is -0.127. The number of carbonyl (C=O) groups excluding carboxylic acids is 1. The van der Waals surface area contributed by atoms with Crippen molar-refractivity contribution in [2.24, 2.45) is 4.99 Å². The van der Waals surface area contributed by atoms with E-state index in [1.165, 1.54) is 37.1 Å². The number of hydrogen-bond acceptors (Lipinski definition) is 3. The summed E-state index contributed by atoms with van der Waals surface area (Å²) in [5.41, 5.74) is 3.78. The second kappa shape index (κ2) is 14.1. The van der Waals surface area contributed by atoms with E-state index < -0.39 is 0 Å². The third-order valence-corrected chi connectivity index (χ3v) is 5.50. The van der Waals surface area contributed by atoms with Crippen molar-refractivity contribution < 1.29 is 4.79 Å². The van der Waals surface area contributed by atoms with Gasteiger partial charge in [0.1, 0.15) is 0 Å². The molecule has 6 nitrogen and oxygen atoms in total. The summed E-state index contributed by atoms with van der Waals surface area (Å²) in [6.07, 6.45) is 3.53. The van der Waals surface area contributed by atoms with Gasteiger partial charge in [0, 0.05) is 27.2 Å². The van der Waals surface area contributed by atoms with E-state index in [0.29, 0.717) is 12.5 Å². The highest BCUT2D eigenvalue weighted by atomic mass is 127.